The van der Waals surface area contributed by atoms with Gasteiger partial charge in [-0.1, -0.05) is 22.0 Å². The molecule has 104 valence electrons. The molecule has 0 atom stereocenters. The first-order valence-corrected chi connectivity index (χ1v) is 7.22. The van der Waals surface area contributed by atoms with E-state index in [-0.39, 0.29) is 0 Å². The standard InChI is InChI=1S/C15H15BrN2O2/c1-10-3-2-4-18-13(10)8-17-7-11-5-14-15(6-12(11)16)20-9-19-14/h2-6,17H,7-9H2,1H3. The second-order valence-corrected chi connectivity index (χ2v) is 5.52. The average molecular weight is 335 g/mol. The van der Waals surface area contributed by atoms with Gasteiger partial charge >= 0.3 is 0 Å². The zero-order valence-corrected chi connectivity index (χ0v) is 12.7. The molecule has 0 amide bonds. The molecule has 3 rings (SSSR count). The van der Waals surface area contributed by atoms with Crippen molar-refractivity contribution in [3.05, 3.63) is 51.8 Å². The molecule has 0 bridgehead atoms. The van der Waals surface area contributed by atoms with Crippen molar-refractivity contribution < 1.29 is 9.47 Å². The normalized spacial score (nSPS) is 12.7. The zero-order chi connectivity index (χ0) is 13.9. The number of hydrogen-bond donors (Lipinski definition) is 1. The molecule has 0 spiro atoms. The van der Waals surface area contributed by atoms with E-state index < -0.39 is 0 Å². The van der Waals surface area contributed by atoms with Gasteiger partial charge in [0.25, 0.3) is 0 Å². The summed E-state index contributed by atoms with van der Waals surface area (Å²) in [6.45, 7) is 3.85. The van der Waals surface area contributed by atoms with Crippen LogP contribution in [0.4, 0.5) is 0 Å². The Labute approximate surface area is 126 Å². The maximum atomic E-state index is 5.39. The first-order chi connectivity index (χ1) is 9.74. The second-order valence-electron chi connectivity index (χ2n) is 4.67. The first-order valence-electron chi connectivity index (χ1n) is 6.43. The lowest BCUT2D eigenvalue weighted by Crippen LogP contribution is -2.14. The molecule has 1 aliphatic heterocycles. The molecule has 5 heteroatoms. The molecule has 20 heavy (non-hydrogen) atoms. The molecule has 1 aromatic carbocycles. The van der Waals surface area contributed by atoms with E-state index in [9.17, 15) is 0 Å². The van der Waals surface area contributed by atoms with Crippen LogP contribution >= 0.6 is 15.9 Å². The van der Waals surface area contributed by atoms with Crippen LogP contribution < -0.4 is 14.8 Å². The molecular weight excluding hydrogens is 320 g/mol. The van der Waals surface area contributed by atoms with E-state index in [2.05, 4.69) is 39.2 Å². The van der Waals surface area contributed by atoms with Gasteiger partial charge in [-0.05, 0) is 36.2 Å². The number of benzene rings is 1. The fraction of sp³-hybridized carbons (Fsp3) is 0.267. The van der Waals surface area contributed by atoms with Gasteiger partial charge in [-0.2, -0.15) is 0 Å². The fourth-order valence-corrected chi connectivity index (χ4v) is 2.58. The van der Waals surface area contributed by atoms with Crippen molar-refractivity contribution in [2.75, 3.05) is 6.79 Å². The van der Waals surface area contributed by atoms with Crippen molar-refractivity contribution in [1.82, 2.24) is 10.3 Å². The average Bonchev–Trinajstić information content (AvgIpc) is 2.88. The highest BCUT2D eigenvalue weighted by Gasteiger charge is 2.16. The second kappa shape index (κ2) is 5.81. The molecule has 1 aliphatic rings. The van der Waals surface area contributed by atoms with Crippen LogP contribution in [0.5, 0.6) is 11.5 Å². The maximum absolute atomic E-state index is 5.39. The van der Waals surface area contributed by atoms with E-state index in [1.165, 1.54) is 5.56 Å². The number of ether oxygens (including phenoxy) is 2. The summed E-state index contributed by atoms with van der Waals surface area (Å²) in [7, 11) is 0. The molecule has 0 aliphatic carbocycles. The van der Waals surface area contributed by atoms with Gasteiger partial charge < -0.3 is 14.8 Å². The third-order valence-electron chi connectivity index (χ3n) is 3.27. The predicted octanol–water partition coefficient (Wildman–Crippen LogP) is 3.17. The number of aromatic nitrogens is 1. The van der Waals surface area contributed by atoms with Gasteiger partial charge in [0.1, 0.15) is 0 Å². The molecule has 2 aromatic rings. The highest BCUT2D eigenvalue weighted by Crippen LogP contribution is 2.36. The van der Waals surface area contributed by atoms with Gasteiger partial charge in [0.15, 0.2) is 11.5 Å². The predicted molar refractivity (Wildman–Crippen MR) is 79.8 cm³/mol. The minimum Gasteiger partial charge on any atom is -0.454 e. The largest absolute Gasteiger partial charge is 0.454 e. The topological polar surface area (TPSA) is 43.4 Å². The van der Waals surface area contributed by atoms with Crippen molar-refractivity contribution in [3.63, 3.8) is 0 Å². The molecule has 0 saturated heterocycles. The number of pyridine rings is 1. The van der Waals surface area contributed by atoms with Crippen molar-refractivity contribution in [3.8, 4) is 11.5 Å². The zero-order valence-electron chi connectivity index (χ0n) is 11.1. The summed E-state index contributed by atoms with van der Waals surface area (Å²) in [5, 5.41) is 3.40. The lowest BCUT2D eigenvalue weighted by molar-refractivity contribution is 0.174. The van der Waals surface area contributed by atoms with E-state index >= 15 is 0 Å². The van der Waals surface area contributed by atoms with Crippen LogP contribution in [0, 0.1) is 6.92 Å². The lowest BCUT2D eigenvalue weighted by Gasteiger charge is -2.09. The minimum atomic E-state index is 0.297. The van der Waals surface area contributed by atoms with Gasteiger partial charge in [-0.15, -0.1) is 0 Å². The quantitative estimate of drug-likeness (QED) is 0.932. The Morgan fingerprint density at radius 2 is 2.05 bits per heavy atom. The Morgan fingerprint density at radius 1 is 1.25 bits per heavy atom. The third-order valence-corrected chi connectivity index (χ3v) is 4.01. The van der Waals surface area contributed by atoms with E-state index in [1.54, 1.807) is 0 Å². The van der Waals surface area contributed by atoms with Crippen LogP contribution in [0.2, 0.25) is 0 Å². The monoisotopic (exact) mass is 334 g/mol. The van der Waals surface area contributed by atoms with Crippen LogP contribution in [-0.4, -0.2) is 11.8 Å². The molecule has 0 saturated carbocycles. The number of fused-ring (bicyclic) bond motifs is 1. The van der Waals surface area contributed by atoms with Crippen LogP contribution in [0.3, 0.4) is 0 Å². The van der Waals surface area contributed by atoms with Gasteiger partial charge in [0.05, 0.1) is 5.69 Å². The maximum Gasteiger partial charge on any atom is 0.231 e. The van der Waals surface area contributed by atoms with Gasteiger partial charge in [-0.25, -0.2) is 0 Å². The van der Waals surface area contributed by atoms with Crippen molar-refractivity contribution in [1.29, 1.82) is 0 Å². The molecule has 0 fully saturated rings. The molecule has 1 N–H and O–H groups in total. The smallest absolute Gasteiger partial charge is 0.231 e. The number of rotatable bonds is 4. The number of aryl methyl sites for hydroxylation is 1. The highest BCUT2D eigenvalue weighted by molar-refractivity contribution is 9.10. The van der Waals surface area contributed by atoms with Crippen LogP contribution in [0.25, 0.3) is 0 Å². The Bertz CT molecular complexity index is 631. The van der Waals surface area contributed by atoms with Gasteiger partial charge in [-0.3, -0.25) is 4.98 Å². The van der Waals surface area contributed by atoms with Crippen LogP contribution in [0.15, 0.2) is 34.9 Å². The molecule has 0 unspecified atom stereocenters. The van der Waals surface area contributed by atoms with E-state index in [1.807, 2.05) is 24.4 Å². The molecule has 0 radical (unpaired) electrons. The van der Waals surface area contributed by atoms with E-state index in [4.69, 9.17) is 9.47 Å². The van der Waals surface area contributed by atoms with Crippen molar-refractivity contribution >= 4 is 15.9 Å². The van der Waals surface area contributed by atoms with E-state index in [0.29, 0.717) is 6.79 Å². The van der Waals surface area contributed by atoms with Crippen molar-refractivity contribution in [2.45, 2.75) is 20.0 Å². The Balaban J connectivity index is 1.66. The van der Waals surface area contributed by atoms with Crippen LogP contribution in [-0.2, 0) is 13.1 Å². The number of hydrogen-bond acceptors (Lipinski definition) is 4. The fourth-order valence-electron chi connectivity index (χ4n) is 2.11. The summed E-state index contributed by atoms with van der Waals surface area (Å²) in [6, 6.07) is 7.98. The van der Waals surface area contributed by atoms with Crippen LogP contribution in [0.1, 0.15) is 16.8 Å². The molecule has 2 heterocycles. The highest BCUT2D eigenvalue weighted by atomic mass is 79.9. The SMILES string of the molecule is Cc1cccnc1CNCc1cc2c(cc1Br)OCO2. The minimum absolute atomic E-state index is 0.297. The first kappa shape index (κ1) is 13.4. The molecule has 1 aromatic heterocycles. The van der Waals surface area contributed by atoms with Gasteiger partial charge in [0, 0.05) is 23.8 Å². The summed E-state index contributed by atoms with van der Waals surface area (Å²) in [4.78, 5) is 4.37. The third kappa shape index (κ3) is 2.78. The Morgan fingerprint density at radius 3 is 2.85 bits per heavy atom. The Kier molecular flexibility index (Phi) is 3.89. The lowest BCUT2D eigenvalue weighted by atomic mass is 10.2. The number of nitrogens with zero attached hydrogens (tertiary/aromatic N) is 1. The molecular formula is C15H15BrN2O2. The molecule has 4 nitrogen and oxygen atoms in total. The van der Waals surface area contributed by atoms with E-state index in [0.717, 1.165) is 40.3 Å². The summed E-state index contributed by atoms with van der Waals surface area (Å²) in [6.07, 6.45) is 1.82. The number of halogens is 1. The van der Waals surface area contributed by atoms with Crippen molar-refractivity contribution in [2.24, 2.45) is 0 Å². The summed E-state index contributed by atoms with van der Waals surface area (Å²) < 4.78 is 11.8. The van der Waals surface area contributed by atoms with Gasteiger partial charge in [0.2, 0.25) is 6.79 Å². The summed E-state index contributed by atoms with van der Waals surface area (Å²) in [5.74, 6) is 1.60. The Hall–Kier alpha value is -1.59. The summed E-state index contributed by atoms with van der Waals surface area (Å²) in [5.41, 5.74) is 3.41. The number of nitrogens with one attached hydrogen (secondary N) is 1. The summed E-state index contributed by atoms with van der Waals surface area (Å²) >= 11 is 3.56.